The van der Waals surface area contributed by atoms with E-state index in [-0.39, 0.29) is 17.1 Å². The molecule has 2 aromatic carbocycles. The maximum atomic E-state index is 12.5. The van der Waals surface area contributed by atoms with Crippen molar-refractivity contribution in [1.29, 1.82) is 0 Å². The van der Waals surface area contributed by atoms with Crippen LogP contribution in [0.2, 0.25) is 0 Å². The normalized spacial score (nSPS) is 21.9. The molecule has 0 bridgehead atoms. The maximum absolute atomic E-state index is 12.5. The second-order valence-corrected chi connectivity index (χ2v) is 5.31. The number of phenols is 3. The molecular weight excluding hydrogens is 320 g/mol. The number of Topliss-reactive ketones (excluding diaryl/α,β-unsaturated/α-hetero) is 1. The van der Waals surface area contributed by atoms with Crippen LogP contribution in [-0.4, -0.2) is 44.2 Å². The molecule has 1 aliphatic heterocycles. The van der Waals surface area contributed by atoms with Crippen LogP contribution in [0.15, 0.2) is 36.4 Å². The summed E-state index contributed by atoms with van der Waals surface area (Å²) in [4.78, 5) is 12.5. The van der Waals surface area contributed by atoms with E-state index in [2.05, 4.69) is 0 Å². The number of fused-ring (bicyclic) bond motifs is 1. The van der Waals surface area contributed by atoms with Crippen molar-refractivity contribution in [2.75, 3.05) is 7.11 Å². The van der Waals surface area contributed by atoms with Crippen molar-refractivity contribution in [2.45, 2.75) is 11.6 Å². The smallest absolute Gasteiger partial charge is 0.301 e. The molecule has 8 heteroatoms. The van der Waals surface area contributed by atoms with Crippen LogP contribution in [0.1, 0.15) is 15.9 Å². The van der Waals surface area contributed by atoms with Crippen molar-refractivity contribution in [2.24, 2.45) is 0 Å². The van der Waals surface area contributed by atoms with Crippen molar-refractivity contribution in [3.8, 4) is 23.0 Å². The first-order valence-corrected chi connectivity index (χ1v) is 6.82. The molecule has 0 saturated carbocycles. The maximum Gasteiger partial charge on any atom is 0.301 e. The lowest BCUT2D eigenvalue weighted by atomic mass is 9.86. The minimum absolute atomic E-state index is 0.0228. The van der Waals surface area contributed by atoms with Gasteiger partial charge in [-0.15, -0.1) is 0 Å². The van der Waals surface area contributed by atoms with Crippen molar-refractivity contribution >= 4 is 5.78 Å². The van der Waals surface area contributed by atoms with Crippen LogP contribution in [0, 0.1) is 0 Å². The molecular formula is C16H14O8. The van der Waals surface area contributed by atoms with Crippen LogP contribution in [0.4, 0.5) is 0 Å². The highest BCUT2D eigenvalue weighted by molar-refractivity contribution is 6.07. The lowest BCUT2D eigenvalue weighted by molar-refractivity contribution is -0.338. The molecule has 24 heavy (non-hydrogen) atoms. The number of hydrogen-bond donors (Lipinski definition) is 5. The summed E-state index contributed by atoms with van der Waals surface area (Å²) in [6, 6.07) is 6.96. The predicted molar refractivity (Wildman–Crippen MR) is 78.7 cm³/mol. The molecule has 0 radical (unpaired) electrons. The number of rotatable bonds is 2. The van der Waals surface area contributed by atoms with Gasteiger partial charge in [-0.3, -0.25) is 4.79 Å². The van der Waals surface area contributed by atoms with Gasteiger partial charge in [0, 0.05) is 24.8 Å². The molecule has 8 nitrogen and oxygen atoms in total. The summed E-state index contributed by atoms with van der Waals surface area (Å²) in [6.07, 6.45) is 0. The van der Waals surface area contributed by atoms with E-state index < -0.39 is 34.4 Å². The van der Waals surface area contributed by atoms with Crippen molar-refractivity contribution in [3.63, 3.8) is 0 Å². The van der Waals surface area contributed by atoms with Gasteiger partial charge >= 0.3 is 5.79 Å². The van der Waals surface area contributed by atoms with E-state index in [1.165, 1.54) is 24.3 Å². The van der Waals surface area contributed by atoms with Gasteiger partial charge in [0.15, 0.2) is 0 Å². The molecule has 3 rings (SSSR count). The number of benzene rings is 2. The zero-order valence-corrected chi connectivity index (χ0v) is 12.4. The standard InChI is InChI=1S/C16H14O8/c1-23-16(8-2-4-9(17)5-3-8)15(21,22)14(20)13-11(19)6-10(18)7-12(13)24-16/h2-7,17-19,21-22H,1H3. The highest BCUT2D eigenvalue weighted by atomic mass is 16.7. The fraction of sp³-hybridized carbons (Fsp3) is 0.188. The quantitative estimate of drug-likeness (QED) is 0.503. The van der Waals surface area contributed by atoms with E-state index in [0.717, 1.165) is 19.2 Å². The summed E-state index contributed by atoms with van der Waals surface area (Å²) in [5.41, 5.74) is -0.473. The molecule has 1 unspecified atom stereocenters. The number of aromatic hydroxyl groups is 3. The van der Waals surface area contributed by atoms with E-state index in [1.54, 1.807) is 0 Å². The summed E-state index contributed by atoms with van der Waals surface area (Å²) in [6.45, 7) is 0. The monoisotopic (exact) mass is 334 g/mol. The number of aliphatic hydroxyl groups is 2. The number of phenolic OH excluding ortho intramolecular Hbond substituents is 3. The van der Waals surface area contributed by atoms with E-state index in [9.17, 15) is 30.3 Å². The minimum Gasteiger partial charge on any atom is -0.508 e. The molecule has 126 valence electrons. The zero-order valence-electron chi connectivity index (χ0n) is 12.4. The molecule has 1 atom stereocenters. The van der Waals surface area contributed by atoms with Crippen molar-refractivity contribution in [3.05, 3.63) is 47.5 Å². The third-order valence-electron chi connectivity index (χ3n) is 3.86. The van der Waals surface area contributed by atoms with Crippen LogP contribution >= 0.6 is 0 Å². The molecule has 5 N–H and O–H groups in total. The molecule has 1 heterocycles. The lowest BCUT2D eigenvalue weighted by Crippen LogP contribution is -2.63. The highest BCUT2D eigenvalue weighted by Gasteiger charge is 2.64. The van der Waals surface area contributed by atoms with Gasteiger partial charge in [-0.05, 0) is 24.3 Å². The van der Waals surface area contributed by atoms with E-state index >= 15 is 0 Å². The topological polar surface area (TPSA) is 137 Å². The molecule has 1 aliphatic rings. The Balaban J connectivity index is 2.27. The lowest BCUT2D eigenvalue weighted by Gasteiger charge is -2.44. The summed E-state index contributed by atoms with van der Waals surface area (Å²) in [5.74, 6) is -8.26. The van der Waals surface area contributed by atoms with E-state index in [0.29, 0.717) is 0 Å². The molecule has 0 spiro atoms. The number of methoxy groups -OCH3 is 1. The molecule has 0 amide bonds. The summed E-state index contributed by atoms with van der Waals surface area (Å²) in [7, 11) is 1.09. The van der Waals surface area contributed by atoms with Gasteiger partial charge in [-0.2, -0.15) is 0 Å². The molecule has 0 aliphatic carbocycles. The van der Waals surface area contributed by atoms with Gasteiger partial charge in [-0.1, -0.05) is 0 Å². The molecule has 0 saturated heterocycles. The first-order chi connectivity index (χ1) is 11.2. The molecule has 2 aromatic rings. The van der Waals surface area contributed by atoms with Crippen LogP contribution in [0.5, 0.6) is 23.0 Å². The summed E-state index contributed by atoms with van der Waals surface area (Å²) in [5, 5.41) is 49.7. The Morgan fingerprint density at radius 2 is 1.62 bits per heavy atom. The van der Waals surface area contributed by atoms with Gasteiger partial charge in [0.2, 0.25) is 5.78 Å². The van der Waals surface area contributed by atoms with Crippen molar-refractivity contribution < 1.29 is 39.8 Å². The van der Waals surface area contributed by atoms with Crippen LogP contribution < -0.4 is 4.74 Å². The highest BCUT2D eigenvalue weighted by Crippen LogP contribution is 2.48. The van der Waals surface area contributed by atoms with Crippen molar-refractivity contribution in [1.82, 2.24) is 0 Å². The van der Waals surface area contributed by atoms with Gasteiger partial charge < -0.3 is 35.0 Å². The fourth-order valence-corrected chi connectivity index (χ4v) is 2.69. The first kappa shape index (κ1) is 16.1. The zero-order chi connectivity index (χ0) is 17.7. The van der Waals surface area contributed by atoms with Gasteiger partial charge in [-0.25, -0.2) is 0 Å². The minimum atomic E-state index is -3.18. The van der Waals surface area contributed by atoms with E-state index in [4.69, 9.17) is 9.47 Å². The van der Waals surface area contributed by atoms with Crippen LogP contribution in [-0.2, 0) is 10.5 Å². The Kier molecular flexibility index (Phi) is 3.41. The summed E-state index contributed by atoms with van der Waals surface area (Å²) < 4.78 is 10.6. The van der Waals surface area contributed by atoms with Gasteiger partial charge in [0.1, 0.15) is 28.6 Å². The Hall–Kier alpha value is -2.81. The predicted octanol–water partition coefficient (Wildman–Crippen LogP) is 0.559. The summed E-state index contributed by atoms with van der Waals surface area (Å²) >= 11 is 0. The Bertz CT molecular complexity index is 812. The number of carbonyl (C=O) groups is 1. The van der Waals surface area contributed by atoms with Crippen LogP contribution in [0.25, 0.3) is 0 Å². The third kappa shape index (κ3) is 2.01. The Morgan fingerprint density at radius 1 is 1.00 bits per heavy atom. The molecule has 0 aromatic heterocycles. The first-order valence-electron chi connectivity index (χ1n) is 6.82. The van der Waals surface area contributed by atoms with E-state index in [1.807, 2.05) is 0 Å². The largest absolute Gasteiger partial charge is 0.508 e. The second-order valence-electron chi connectivity index (χ2n) is 5.31. The third-order valence-corrected chi connectivity index (χ3v) is 3.86. The average Bonchev–Trinajstić information content (AvgIpc) is 2.51. The number of ether oxygens (including phenoxy) is 2. The SMILES string of the molecule is COC1(c2ccc(O)cc2)Oc2cc(O)cc(O)c2C(=O)C1(O)O. The second kappa shape index (κ2) is 5.10. The fourth-order valence-electron chi connectivity index (χ4n) is 2.69. The number of carbonyl (C=O) groups excluding carboxylic acids is 1. The Morgan fingerprint density at radius 3 is 2.21 bits per heavy atom. The number of hydrogen-bond acceptors (Lipinski definition) is 8. The van der Waals surface area contributed by atoms with Crippen LogP contribution in [0.3, 0.4) is 0 Å². The Labute approximate surface area is 135 Å². The van der Waals surface area contributed by atoms with Gasteiger partial charge in [0.25, 0.3) is 5.79 Å². The molecule has 0 fully saturated rings. The number of ketones is 1. The average molecular weight is 334 g/mol. The van der Waals surface area contributed by atoms with Gasteiger partial charge in [0.05, 0.1) is 0 Å².